The van der Waals surface area contributed by atoms with Crippen molar-refractivity contribution >= 4 is 5.91 Å². The average molecular weight is 345 g/mol. The summed E-state index contributed by atoms with van der Waals surface area (Å²) >= 11 is 0. The van der Waals surface area contributed by atoms with E-state index in [9.17, 15) is 13.6 Å². The number of benzene rings is 1. The fourth-order valence-corrected chi connectivity index (χ4v) is 3.10. The highest BCUT2D eigenvalue weighted by atomic mass is 19.1. The van der Waals surface area contributed by atoms with Gasteiger partial charge < -0.3 is 5.32 Å². The predicted molar refractivity (Wildman–Crippen MR) is 90.9 cm³/mol. The van der Waals surface area contributed by atoms with E-state index in [-0.39, 0.29) is 17.3 Å². The van der Waals surface area contributed by atoms with Gasteiger partial charge >= 0.3 is 0 Å². The van der Waals surface area contributed by atoms with Crippen LogP contribution in [0.5, 0.6) is 0 Å². The van der Waals surface area contributed by atoms with E-state index in [1.807, 2.05) is 12.1 Å². The largest absolute Gasteiger partial charge is 0.352 e. The van der Waals surface area contributed by atoms with Crippen LogP contribution < -0.4 is 5.32 Å². The molecule has 1 aromatic carbocycles. The number of hydrogen-bond acceptors (Lipinski definition) is 3. The van der Waals surface area contributed by atoms with Crippen LogP contribution in [0.3, 0.4) is 0 Å². The molecule has 0 bridgehead atoms. The highest BCUT2D eigenvalue weighted by molar-refractivity contribution is 5.93. The third-order valence-electron chi connectivity index (χ3n) is 4.60. The van der Waals surface area contributed by atoms with Crippen molar-refractivity contribution < 1.29 is 13.6 Å². The Bertz CT molecular complexity index is 730. The number of amides is 1. The molecule has 3 rings (SSSR count). The maximum Gasteiger partial charge on any atom is 0.251 e. The number of carbonyl (C=O) groups is 1. The smallest absolute Gasteiger partial charge is 0.251 e. The van der Waals surface area contributed by atoms with E-state index < -0.39 is 5.95 Å². The van der Waals surface area contributed by atoms with Crippen LogP contribution >= 0.6 is 0 Å². The third-order valence-corrected chi connectivity index (χ3v) is 4.60. The van der Waals surface area contributed by atoms with Gasteiger partial charge in [-0.2, -0.15) is 4.39 Å². The van der Waals surface area contributed by atoms with E-state index in [0.29, 0.717) is 24.6 Å². The molecule has 1 aliphatic heterocycles. The monoisotopic (exact) mass is 345 g/mol. The Morgan fingerprint density at radius 2 is 1.96 bits per heavy atom. The zero-order chi connectivity index (χ0) is 17.6. The minimum atomic E-state index is -0.658. The fraction of sp³-hybridized carbons (Fsp3) is 0.368. The topological polar surface area (TPSA) is 45.2 Å². The first-order valence-electron chi connectivity index (χ1n) is 8.47. The standard InChI is InChI=1S/C19H21F2N3O/c20-17-4-2-1-3-16(17)13-24-9-6-14(7-10-24)12-23-19(25)15-5-8-22-18(21)11-15/h1-5,8,11,14H,6-7,9-10,12-13H2,(H,23,25). The molecule has 0 saturated carbocycles. The van der Waals surface area contributed by atoms with Crippen LogP contribution in [0.1, 0.15) is 28.8 Å². The molecule has 1 saturated heterocycles. The van der Waals surface area contributed by atoms with Crippen molar-refractivity contribution in [2.75, 3.05) is 19.6 Å². The molecular weight excluding hydrogens is 324 g/mol. The van der Waals surface area contributed by atoms with Gasteiger partial charge in [0.25, 0.3) is 5.91 Å². The van der Waals surface area contributed by atoms with E-state index in [0.717, 1.165) is 32.0 Å². The van der Waals surface area contributed by atoms with Gasteiger partial charge in [-0.15, -0.1) is 0 Å². The molecule has 0 spiro atoms. The zero-order valence-corrected chi connectivity index (χ0v) is 13.9. The maximum atomic E-state index is 13.7. The second-order valence-corrected chi connectivity index (χ2v) is 6.39. The fourth-order valence-electron chi connectivity index (χ4n) is 3.10. The van der Waals surface area contributed by atoms with E-state index in [4.69, 9.17) is 0 Å². The number of carbonyl (C=O) groups excluding carboxylic acids is 1. The molecule has 132 valence electrons. The summed E-state index contributed by atoms with van der Waals surface area (Å²) < 4.78 is 26.8. The molecule has 1 aliphatic rings. The van der Waals surface area contributed by atoms with Crippen LogP contribution in [-0.2, 0) is 6.54 Å². The quantitative estimate of drug-likeness (QED) is 0.848. The summed E-state index contributed by atoms with van der Waals surface area (Å²) in [5.41, 5.74) is 0.999. The first kappa shape index (κ1) is 17.5. The van der Waals surface area contributed by atoms with Crippen LogP contribution in [0.2, 0.25) is 0 Å². The summed E-state index contributed by atoms with van der Waals surface area (Å²) in [4.78, 5) is 17.7. The van der Waals surface area contributed by atoms with Gasteiger partial charge in [-0.25, -0.2) is 9.37 Å². The molecule has 1 amide bonds. The summed E-state index contributed by atoms with van der Waals surface area (Å²) in [5, 5.41) is 2.86. The van der Waals surface area contributed by atoms with Crippen LogP contribution in [0, 0.1) is 17.7 Å². The predicted octanol–water partition coefficient (Wildman–Crippen LogP) is 3.00. The van der Waals surface area contributed by atoms with Gasteiger partial charge in [0.05, 0.1) is 0 Å². The van der Waals surface area contributed by atoms with Gasteiger partial charge in [0, 0.05) is 36.5 Å². The summed E-state index contributed by atoms with van der Waals surface area (Å²) in [7, 11) is 0. The number of rotatable bonds is 5. The lowest BCUT2D eigenvalue weighted by molar-refractivity contribution is 0.0934. The molecule has 25 heavy (non-hydrogen) atoms. The minimum absolute atomic E-state index is 0.165. The average Bonchev–Trinajstić information content (AvgIpc) is 2.63. The molecule has 0 unspecified atom stereocenters. The van der Waals surface area contributed by atoms with Crippen molar-refractivity contribution in [2.45, 2.75) is 19.4 Å². The minimum Gasteiger partial charge on any atom is -0.352 e. The molecule has 1 fully saturated rings. The van der Waals surface area contributed by atoms with Gasteiger partial charge in [-0.05, 0) is 44.0 Å². The number of piperidine rings is 1. The van der Waals surface area contributed by atoms with E-state index in [2.05, 4.69) is 15.2 Å². The Morgan fingerprint density at radius 3 is 2.68 bits per heavy atom. The molecular formula is C19H21F2N3O. The first-order valence-corrected chi connectivity index (χ1v) is 8.47. The van der Waals surface area contributed by atoms with Crippen molar-refractivity contribution in [3.05, 3.63) is 65.5 Å². The Labute approximate surface area is 145 Å². The van der Waals surface area contributed by atoms with Gasteiger partial charge in [0.2, 0.25) is 5.95 Å². The summed E-state index contributed by atoms with van der Waals surface area (Å²) in [6.45, 7) is 2.93. The number of nitrogens with one attached hydrogen (secondary N) is 1. The Hall–Kier alpha value is -2.34. The number of hydrogen-bond donors (Lipinski definition) is 1. The van der Waals surface area contributed by atoms with Crippen molar-refractivity contribution in [3.8, 4) is 0 Å². The lowest BCUT2D eigenvalue weighted by atomic mass is 9.96. The molecule has 4 nitrogen and oxygen atoms in total. The van der Waals surface area contributed by atoms with Gasteiger partial charge in [0.1, 0.15) is 5.82 Å². The Kier molecular flexibility index (Phi) is 5.71. The molecule has 1 N–H and O–H groups in total. The number of likely N-dealkylation sites (tertiary alicyclic amines) is 1. The number of nitrogens with zero attached hydrogens (tertiary/aromatic N) is 2. The van der Waals surface area contributed by atoms with Crippen molar-refractivity contribution in [1.29, 1.82) is 0 Å². The van der Waals surface area contributed by atoms with E-state index in [1.54, 1.807) is 6.07 Å². The van der Waals surface area contributed by atoms with Gasteiger partial charge in [0.15, 0.2) is 0 Å². The highest BCUT2D eigenvalue weighted by Gasteiger charge is 2.20. The molecule has 2 aromatic rings. The first-order chi connectivity index (χ1) is 12.1. The second-order valence-electron chi connectivity index (χ2n) is 6.39. The van der Waals surface area contributed by atoms with Gasteiger partial charge in [-0.1, -0.05) is 18.2 Å². The molecule has 6 heteroatoms. The Morgan fingerprint density at radius 1 is 1.20 bits per heavy atom. The SMILES string of the molecule is O=C(NCC1CCN(Cc2ccccc2F)CC1)c1ccnc(F)c1. The molecule has 1 aromatic heterocycles. The van der Waals surface area contributed by atoms with Crippen molar-refractivity contribution in [2.24, 2.45) is 5.92 Å². The van der Waals surface area contributed by atoms with Crippen molar-refractivity contribution in [3.63, 3.8) is 0 Å². The summed E-state index contributed by atoms with van der Waals surface area (Å²) in [6, 6.07) is 9.47. The summed E-state index contributed by atoms with van der Waals surface area (Å²) in [6.07, 6.45) is 3.17. The van der Waals surface area contributed by atoms with Gasteiger partial charge in [-0.3, -0.25) is 9.69 Å². The maximum absolute atomic E-state index is 13.7. The highest BCUT2D eigenvalue weighted by Crippen LogP contribution is 2.19. The lowest BCUT2D eigenvalue weighted by Gasteiger charge is -2.32. The number of aromatic nitrogens is 1. The van der Waals surface area contributed by atoms with Crippen molar-refractivity contribution in [1.82, 2.24) is 15.2 Å². The summed E-state index contributed by atoms with van der Waals surface area (Å²) in [5.74, 6) is -0.724. The number of halogens is 2. The normalized spacial score (nSPS) is 15.9. The third kappa shape index (κ3) is 4.82. The van der Waals surface area contributed by atoms with Crippen LogP contribution in [-0.4, -0.2) is 35.4 Å². The lowest BCUT2D eigenvalue weighted by Crippen LogP contribution is -2.38. The Balaban J connectivity index is 1.43. The number of pyridine rings is 1. The van der Waals surface area contributed by atoms with Crippen LogP contribution in [0.15, 0.2) is 42.6 Å². The molecule has 0 aliphatic carbocycles. The van der Waals surface area contributed by atoms with E-state index >= 15 is 0 Å². The molecule has 0 atom stereocenters. The molecule has 2 heterocycles. The second kappa shape index (κ2) is 8.16. The molecule has 0 radical (unpaired) electrons. The van der Waals surface area contributed by atoms with E-state index in [1.165, 1.54) is 18.3 Å². The van der Waals surface area contributed by atoms with Crippen LogP contribution in [0.25, 0.3) is 0 Å². The zero-order valence-electron chi connectivity index (χ0n) is 13.9. The van der Waals surface area contributed by atoms with Crippen LogP contribution in [0.4, 0.5) is 8.78 Å².